The molecule has 0 spiro atoms. The summed E-state index contributed by atoms with van der Waals surface area (Å²) in [5.74, 6) is 0.449. The number of rotatable bonds is 4. The molecule has 0 aliphatic carbocycles. The Kier molecular flexibility index (Phi) is 5.05. The molecule has 24 heavy (non-hydrogen) atoms. The Labute approximate surface area is 147 Å². The van der Waals surface area contributed by atoms with Gasteiger partial charge in [0.1, 0.15) is 5.76 Å². The van der Waals surface area contributed by atoms with Crippen LogP contribution in [-0.2, 0) is 6.61 Å². The van der Waals surface area contributed by atoms with Gasteiger partial charge in [-0.1, -0.05) is 6.07 Å². The van der Waals surface area contributed by atoms with Gasteiger partial charge in [0.15, 0.2) is 5.11 Å². The number of hydrogen-bond acceptors (Lipinski definition) is 5. The molecule has 122 valence electrons. The minimum atomic E-state index is -0.230. The topological polar surface area (TPSA) is 74.5 Å². The molecule has 5 nitrogen and oxygen atoms in total. The molecule has 2 aromatic heterocycles. The first kappa shape index (κ1) is 16.4. The number of benzene rings is 1. The predicted octanol–water partition coefficient (Wildman–Crippen LogP) is 3.63. The third kappa shape index (κ3) is 3.88. The summed E-state index contributed by atoms with van der Waals surface area (Å²) in [5, 5.41) is 16.7. The van der Waals surface area contributed by atoms with Crippen molar-refractivity contribution in [3.05, 3.63) is 64.5 Å². The van der Waals surface area contributed by atoms with Crippen molar-refractivity contribution in [3.63, 3.8) is 0 Å². The molecular weight excluding hydrogens is 344 g/mol. The van der Waals surface area contributed by atoms with Gasteiger partial charge in [0, 0.05) is 16.8 Å². The number of anilines is 1. The third-order valence-corrected chi connectivity index (χ3v) is 4.31. The molecule has 0 unspecified atom stereocenters. The summed E-state index contributed by atoms with van der Waals surface area (Å²) in [7, 11) is 0. The van der Waals surface area contributed by atoms with E-state index in [1.54, 1.807) is 12.1 Å². The number of nitrogens with one attached hydrogen (secondary N) is 2. The van der Waals surface area contributed by atoms with E-state index in [0.29, 0.717) is 10.6 Å². The monoisotopic (exact) mass is 358 g/mol. The second-order valence-corrected chi connectivity index (χ2v) is 6.30. The van der Waals surface area contributed by atoms with E-state index in [0.717, 1.165) is 16.8 Å². The first-order valence-corrected chi connectivity index (χ1v) is 8.39. The zero-order chi connectivity index (χ0) is 16.9. The second-order valence-electron chi connectivity index (χ2n) is 4.94. The molecule has 7 heteroatoms. The minimum absolute atomic E-state index is 0.0542. The van der Waals surface area contributed by atoms with Gasteiger partial charge in [-0.2, -0.15) is 0 Å². The Balaban J connectivity index is 1.61. The zero-order valence-electron chi connectivity index (χ0n) is 12.5. The van der Waals surface area contributed by atoms with Crippen LogP contribution < -0.4 is 10.6 Å². The number of hydrogen-bond donors (Lipinski definition) is 3. The standard InChI is InChI=1S/C17H14N2O3S2/c20-9-11-8-14(22-10-11)12-3-5-13(6-4-12)18-17(23)19-16(21)15-2-1-7-24-15/h1-8,10,20H,9H2,(H2,18,19,21,23). The van der Waals surface area contributed by atoms with Crippen LogP contribution in [0.2, 0.25) is 0 Å². The number of aliphatic hydroxyl groups is 1. The molecule has 1 amide bonds. The summed E-state index contributed by atoms with van der Waals surface area (Å²) in [6.07, 6.45) is 1.52. The Morgan fingerprint density at radius 2 is 2.04 bits per heavy atom. The van der Waals surface area contributed by atoms with Crippen molar-refractivity contribution in [1.29, 1.82) is 0 Å². The van der Waals surface area contributed by atoms with E-state index in [1.165, 1.54) is 17.6 Å². The predicted molar refractivity (Wildman–Crippen MR) is 98.1 cm³/mol. The van der Waals surface area contributed by atoms with Crippen LogP contribution >= 0.6 is 23.6 Å². The first-order valence-electron chi connectivity index (χ1n) is 7.10. The highest BCUT2D eigenvalue weighted by atomic mass is 32.1. The van der Waals surface area contributed by atoms with E-state index in [9.17, 15) is 4.79 Å². The lowest BCUT2D eigenvalue weighted by molar-refractivity contribution is 0.0981. The number of carbonyl (C=O) groups excluding carboxylic acids is 1. The van der Waals surface area contributed by atoms with Gasteiger partial charge in [0.25, 0.3) is 5.91 Å². The fourth-order valence-corrected chi connectivity index (χ4v) is 2.89. The Bertz CT molecular complexity index is 839. The van der Waals surface area contributed by atoms with Crippen molar-refractivity contribution < 1.29 is 14.3 Å². The number of amides is 1. The molecule has 3 N–H and O–H groups in total. The lowest BCUT2D eigenvalue weighted by atomic mass is 10.1. The van der Waals surface area contributed by atoms with Gasteiger partial charge in [-0.05, 0) is 54.0 Å². The van der Waals surface area contributed by atoms with Crippen LogP contribution in [0, 0.1) is 0 Å². The van der Waals surface area contributed by atoms with Crippen molar-refractivity contribution in [2.75, 3.05) is 5.32 Å². The zero-order valence-corrected chi connectivity index (χ0v) is 14.1. The fourth-order valence-electron chi connectivity index (χ4n) is 2.06. The number of furan rings is 1. The van der Waals surface area contributed by atoms with Gasteiger partial charge in [-0.15, -0.1) is 11.3 Å². The lowest BCUT2D eigenvalue weighted by Crippen LogP contribution is -2.33. The molecule has 0 aliphatic rings. The molecule has 1 aromatic carbocycles. The van der Waals surface area contributed by atoms with Gasteiger partial charge in [-0.3, -0.25) is 10.1 Å². The first-order chi connectivity index (χ1) is 11.7. The highest BCUT2D eigenvalue weighted by Gasteiger charge is 2.09. The van der Waals surface area contributed by atoms with E-state index in [2.05, 4.69) is 10.6 Å². The molecule has 3 aromatic rings. The summed E-state index contributed by atoms with van der Waals surface area (Å²) >= 11 is 6.50. The second kappa shape index (κ2) is 7.39. The summed E-state index contributed by atoms with van der Waals surface area (Å²) in [6.45, 7) is -0.0542. The van der Waals surface area contributed by atoms with Crippen LogP contribution in [0.1, 0.15) is 15.2 Å². The van der Waals surface area contributed by atoms with Crippen molar-refractivity contribution in [3.8, 4) is 11.3 Å². The molecular formula is C17H14N2O3S2. The van der Waals surface area contributed by atoms with Crippen LogP contribution in [0.25, 0.3) is 11.3 Å². The highest BCUT2D eigenvalue weighted by Crippen LogP contribution is 2.23. The van der Waals surface area contributed by atoms with Crippen LogP contribution in [-0.4, -0.2) is 16.1 Å². The number of thiophene rings is 1. The average molecular weight is 358 g/mol. The van der Waals surface area contributed by atoms with Gasteiger partial charge in [0.05, 0.1) is 17.7 Å². The molecule has 0 aliphatic heterocycles. The quantitative estimate of drug-likeness (QED) is 0.621. The van der Waals surface area contributed by atoms with E-state index in [1.807, 2.05) is 35.7 Å². The minimum Gasteiger partial charge on any atom is -0.464 e. The number of thiocarbonyl (C=S) groups is 1. The largest absolute Gasteiger partial charge is 0.464 e. The van der Waals surface area contributed by atoms with Crippen LogP contribution in [0.3, 0.4) is 0 Å². The molecule has 2 heterocycles. The maximum absolute atomic E-state index is 11.9. The molecule has 0 bridgehead atoms. The van der Waals surface area contributed by atoms with Crippen molar-refractivity contribution in [1.82, 2.24) is 5.32 Å². The Morgan fingerprint density at radius 1 is 1.25 bits per heavy atom. The highest BCUT2D eigenvalue weighted by molar-refractivity contribution is 7.80. The SMILES string of the molecule is O=C(NC(=S)Nc1ccc(-c2cc(CO)co2)cc1)c1cccs1. The molecule has 0 radical (unpaired) electrons. The molecule has 0 saturated carbocycles. The van der Waals surface area contributed by atoms with Crippen molar-refractivity contribution >= 4 is 40.3 Å². The molecule has 0 fully saturated rings. The lowest BCUT2D eigenvalue weighted by Gasteiger charge is -2.09. The fraction of sp³-hybridized carbons (Fsp3) is 0.0588. The molecule has 0 saturated heterocycles. The molecule has 0 atom stereocenters. The van der Waals surface area contributed by atoms with E-state index >= 15 is 0 Å². The van der Waals surface area contributed by atoms with Gasteiger partial charge >= 0.3 is 0 Å². The average Bonchev–Trinajstić information content (AvgIpc) is 3.27. The van der Waals surface area contributed by atoms with Crippen LogP contribution in [0.15, 0.2) is 58.5 Å². The summed E-state index contributed by atoms with van der Waals surface area (Å²) in [4.78, 5) is 12.5. The van der Waals surface area contributed by atoms with Gasteiger partial charge < -0.3 is 14.8 Å². The van der Waals surface area contributed by atoms with Gasteiger partial charge in [0.2, 0.25) is 0 Å². The van der Waals surface area contributed by atoms with E-state index in [-0.39, 0.29) is 17.6 Å². The normalized spacial score (nSPS) is 10.4. The van der Waals surface area contributed by atoms with Crippen molar-refractivity contribution in [2.45, 2.75) is 6.61 Å². The van der Waals surface area contributed by atoms with Crippen LogP contribution in [0.4, 0.5) is 5.69 Å². The maximum atomic E-state index is 11.9. The number of aliphatic hydroxyl groups excluding tert-OH is 1. The van der Waals surface area contributed by atoms with E-state index in [4.69, 9.17) is 21.7 Å². The summed E-state index contributed by atoms with van der Waals surface area (Å²) in [6, 6.07) is 12.7. The van der Waals surface area contributed by atoms with Gasteiger partial charge in [-0.25, -0.2) is 0 Å². The third-order valence-electron chi connectivity index (χ3n) is 3.24. The van der Waals surface area contributed by atoms with Crippen LogP contribution in [0.5, 0.6) is 0 Å². The van der Waals surface area contributed by atoms with Crippen molar-refractivity contribution in [2.24, 2.45) is 0 Å². The summed E-state index contributed by atoms with van der Waals surface area (Å²) in [5.41, 5.74) is 2.36. The Hall–Kier alpha value is -2.48. The summed E-state index contributed by atoms with van der Waals surface area (Å²) < 4.78 is 5.39. The van der Waals surface area contributed by atoms with E-state index < -0.39 is 0 Å². The smallest absolute Gasteiger partial charge is 0.267 e. The number of carbonyl (C=O) groups is 1. The Morgan fingerprint density at radius 3 is 2.67 bits per heavy atom. The molecule has 3 rings (SSSR count). The maximum Gasteiger partial charge on any atom is 0.267 e.